The predicted octanol–water partition coefficient (Wildman–Crippen LogP) is 0.139. The Kier molecular flexibility index (Phi) is 14.6. The minimum Gasteiger partial charge on any atom is -0.496 e. The lowest BCUT2D eigenvalue weighted by Gasteiger charge is -2.63. The van der Waals surface area contributed by atoms with E-state index in [2.05, 4.69) is 20.9 Å². The highest BCUT2D eigenvalue weighted by Gasteiger charge is 2.81. The maximum absolute atomic E-state index is 15.3. The van der Waals surface area contributed by atoms with E-state index in [1.807, 2.05) is 50.3 Å². The fourth-order valence-corrected chi connectivity index (χ4v) is 14.0. The molecule has 1 spiro atoms. The Hall–Kier alpha value is -5.29. The maximum Gasteiger partial charge on any atom is 0.344 e. The van der Waals surface area contributed by atoms with Crippen molar-refractivity contribution in [3.05, 3.63) is 70.9 Å². The van der Waals surface area contributed by atoms with Crippen molar-refractivity contribution in [2.45, 2.75) is 124 Å². The summed E-state index contributed by atoms with van der Waals surface area (Å²) in [6, 6.07) is 9.97. The lowest BCUT2D eigenvalue weighted by molar-refractivity contribution is -0.228. The zero-order valence-corrected chi connectivity index (χ0v) is 41.5. The van der Waals surface area contributed by atoms with Gasteiger partial charge in [-0.1, -0.05) is 44.2 Å². The third-order valence-electron chi connectivity index (χ3n) is 16.9. The van der Waals surface area contributed by atoms with Crippen LogP contribution in [0.25, 0.3) is 10.9 Å². The van der Waals surface area contributed by atoms with Gasteiger partial charge in [-0.15, -0.1) is 0 Å². The Labute approximate surface area is 417 Å². The highest BCUT2D eigenvalue weighted by molar-refractivity contribution is 5.96. The number of methoxy groups -OCH3 is 3. The molecule has 2 saturated heterocycles. The van der Waals surface area contributed by atoms with Crippen molar-refractivity contribution >= 4 is 47.2 Å². The molecule has 14 atom stereocenters. The number of piperidine rings is 1. The number of carbonyl (C=O) groups excluding carboxylic acids is 5. The summed E-state index contributed by atoms with van der Waals surface area (Å²) in [4.78, 5) is 76.0. The molecule has 3 fully saturated rings. The fraction of sp³-hybridized carbons (Fsp3) is 0.596. The summed E-state index contributed by atoms with van der Waals surface area (Å²) in [6.07, 6.45) is -1.01. The monoisotopic (exact) mass is 1000 g/mol. The lowest BCUT2D eigenvalue weighted by Crippen LogP contribution is -2.81. The van der Waals surface area contributed by atoms with E-state index >= 15 is 4.79 Å². The van der Waals surface area contributed by atoms with Gasteiger partial charge in [0.05, 0.1) is 45.3 Å². The van der Waals surface area contributed by atoms with Crippen molar-refractivity contribution < 1.29 is 78.7 Å². The average Bonchev–Trinajstić information content (AvgIpc) is 4.07. The number of ether oxygens (including phenoxy) is 4. The molecule has 3 aromatic rings. The standard InChI is InChI=1S/C46H56N4O10.C6H12O6/c1-7-42(55)22-28-23-45(40(53)58-5,36-30(14-18-48(24-28)25-42)29-12-9-10-13-33(29)47-36)32-20-31-34(21-35(32)57-4)50(26-51)38-44(31)16-19-49-17-11-15-43(8-2,37(44)49)39(60-27(3)52)46(38,56)41(54)59-6;7-1-3(9)5(11)6(12)4(10)2-8/h9-13,15,20-21,26,28,37-39,47,55-56H,7-8,14,16-19,22-25H2,1-6H3;1,3-6,8-12H,2H2/t28-,37+,38-,39-,42+,43-,44-,45+,46+;3-,4+,5+,6+/m10/s1. The summed E-state index contributed by atoms with van der Waals surface area (Å²) in [5, 5.41) is 69.8. The predicted molar refractivity (Wildman–Crippen MR) is 258 cm³/mol. The number of aliphatic hydroxyl groups excluding tert-OH is 5. The first-order chi connectivity index (χ1) is 34.3. The van der Waals surface area contributed by atoms with E-state index in [0.29, 0.717) is 99.5 Å². The van der Waals surface area contributed by atoms with E-state index in [1.165, 1.54) is 33.2 Å². The van der Waals surface area contributed by atoms with Crippen LogP contribution in [0.1, 0.15) is 75.3 Å². The van der Waals surface area contributed by atoms with Crippen LogP contribution >= 0.6 is 0 Å². The van der Waals surface area contributed by atoms with E-state index in [9.17, 15) is 29.4 Å². The number of rotatable bonds is 13. The number of anilines is 1. The topological polar surface area (TPSA) is 289 Å². The minimum atomic E-state index is -2.53. The van der Waals surface area contributed by atoms with Gasteiger partial charge in [-0.05, 0) is 74.2 Å². The van der Waals surface area contributed by atoms with Crippen molar-refractivity contribution in [2.24, 2.45) is 11.3 Å². The van der Waals surface area contributed by atoms with Gasteiger partial charge < -0.3 is 69.4 Å². The molecule has 20 nitrogen and oxygen atoms in total. The maximum atomic E-state index is 15.3. The van der Waals surface area contributed by atoms with E-state index in [-0.39, 0.29) is 18.6 Å². The van der Waals surface area contributed by atoms with Crippen molar-refractivity contribution in [3.8, 4) is 5.75 Å². The Morgan fingerprint density at radius 1 is 0.917 bits per heavy atom. The van der Waals surface area contributed by atoms with Crippen molar-refractivity contribution in [1.82, 2.24) is 14.8 Å². The molecule has 8 N–H and O–H groups in total. The van der Waals surface area contributed by atoms with Gasteiger partial charge in [0, 0.05) is 78.2 Å². The molecular formula is C52H68N4O16. The van der Waals surface area contributed by atoms with Crippen LogP contribution in [-0.4, -0.2) is 196 Å². The van der Waals surface area contributed by atoms with Crippen LogP contribution in [0.15, 0.2) is 48.6 Å². The molecular weight excluding hydrogens is 937 g/mol. The first-order valence-corrected chi connectivity index (χ1v) is 24.6. The summed E-state index contributed by atoms with van der Waals surface area (Å²) in [6.45, 7) is 7.40. The molecule has 2 bridgehead atoms. The Bertz CT molecular complexity index is 2610. The number of esters is 3. The van der Waals surface area contributed by atoms with Crippen molar-refractivity contribution in [3.63, 3.8) is 0 Å². The van der Waals surface area contributed by atoms with Gasteiger partial charge in [-0.2, -0.15) is 0 Å². The second-order valence-corrected chi connectivity index (χ2v) is 20.5. The molecule has 5 aliphatic heterocycles. The number of aldehydes is 1. The highest BCUT2D eigenvalue weighted by Crippen LogP contribution is 2.68. The number of fused-ring (bicyclic) bond motifs is 6. The van der Waals surface area contributed by atoms with Gasteiger partial charge in [0.2, 0.25) is 12.0 Å². The number of hydrogen-bond donors (Lipinski definition) is 8. The third-order valence-corrected chi connectivity index (χ3v) is 16.9. The number of H-pyrrole nitrogens is 1. The first-order valence-electron chi connectivity index (χ1n) is 24.6. The molecule has 0 unspecified atom stereocenters. The van der Waals surface area contributed by atoms with Gasteiger partial charge in [0.25, 0.3) is 0 Å². The van der Waals surface area contributed by atoms with Crippen LogP contribution in [0.2, 0.25) is 0 Å². The number of benzene rings is 2. The molecule has 1 aliphatic carbocycles. The summed E-state index contributed by atoms with van der Waals surface area (Å²) in [7, 11) is 4.09. The molecule has 1 saturated carbocycles. The van der Waals surface area contributed by atoms with Gasteiger partial charge >= 0.3 is 17.9 Å². The Balaban J connectivity index is 0.000000513. The van der Waals surface area contributed by atoms with Crippen molar-refractivity contribution in [1.29, 1.82) is 0 Å². The number of aromatic amines is 1. The number of aromatic nitrogens is 1. The summed E-state index contributed by atoms with van der Waals surface area (Å²) >= 11 is 0. The number of para-hydroxylation sites is 1. The molecule has 1 aromatic heterocycles. The first kappa shape index (κ1) is 53.0. The number of hydrogen-bond acceptors (Lipinski definition) is 18. The fourth-order valence-electron chi connectivity index (χ4n) is 14.0. The van der Waals surface area contributed by atoms with Crippen LogP contribution in [0.3, 0.4) is 0 Å². The van der Waals surface area contributed by atoms with Crippen molar-refractivity contribution in [2.75, 3.05) is 65.6 Å². The quantitative estimate of drug-likeness (QED) is 0.0489. The summed E-state index contributed by atoms with van der Waals surface area (Å²) in [5.74, 6) is -2.06. The van der Waals surface area contributed by atoms with Crippen LogP contribution in [0.5, 0.6) is 5.75 Å². The van der Waals surface area contributed by atoms with Crippen LogP contribution in [0.4, 0.5) is 5.69 Å². The number of carbonyl (C=O) groups is 5. The average molecular weight is 1010 g/mol. The molecule has 392 valence electrons. The minimum absolute atomic E-state index is 0.0258. The van der Waals surface area contributed by atoms with E-state index < -0.39 is 94.6 Å². The van der Waals surface area contributed by atoms with E-state index in [0.717, 1.165) is 16.5 Å². The molecule has 6 heterocycles. The Morgan fingerprint density at radius 3 is 2.26 bits per heavy atom. The SMILES string of the molecule is CC[C@]1(O)C[C@H]2C[N@](CCc3c([nH]c4ccccc34)[C@@](C(=O)OC)(c3cc4c(cc3OC)N(C=O)[C@H]3[C@@](O)(C(=O)OC)[C@H](OC(C)=O)[C@]5(CC)C=CCN6CC[C@]43[C@@H]65)C2)C1.O=C[C@H](O)[C@@H](O)[C@H](O)[C@H](O)CO. The van der Waals surface area contributed by atoms with Crippen LogP contribution in [0, 0.1) is 11.3 Å². The molecule has 0 radical (unpaired) electrons. The Morgan fingerprint density at radius 2 is 1.64 bits per heavy atom. The largest absolute Gasteiger partial charge is 0.496 e. The third kappa shape index (κ3) is 7.87. The lowest BCUT2D eigenvalue weighted by atomic mass is 9.47. The molecule has 20 heteroatoms. The molecule has 72 heavy (non-hydrogen) atoms. The molecule has 1 amide bonds. The van der Waals surface area contributed by atoms with Gasteiger partial charge in [0.15, 0.2) is 12.4 Å². The smallest absolute Gasteiger partial charge is 0.344 e. The van der Waals surface area contributed by atoms with Gasteiger partial charge in [-0.3, -0.25) is 24.2 Å². The van der Waals surface area contributed by atoms with Crippen LogP contribution < -0.4 is 9.64 Å². The zero-order valence-electron chi connectivity index (χ0n) is 41.5. The number of amides is 1. The number of nitrogens with zero attached hydrogens (tertiary/aromatic N) is 3. The highest BCUT2D eigenvalue weighted by atomic mass is 16.6. The second-order valence-electron chi connectivity index (χ2n) is 20.5. The van der Waals surface area contributed by atoms with E-state index in [4.69, 9.17) is 44.5 Å². The van der Waals surface area contributed by atoms with Crippen LogP contribution in [-0.2, 0) is 55.4 Å². The molecule has 9 rings (SSSR count). The summed E-state index contributed by atoms with van der Waals surface area (Å²) < 4.78 is 23.7. The molecule has 6 aliphatic rings. The van der Waals surface area contributed by atoms with E-state index in [1.54, 1.807) is 6.07 Å². The normalized spacial score (nSPS) is 33.9. The van der Waals surface area contributed by atoms with Gasteiger partial charge in [-0.25, -0.2) is 4.79 Å². The zero-order chi connectivity index (χ0) is 52.3. The summed E-state index contributed by atoms with van der Waals surface area (Å²) in [5.41, 5.74) is -3.15. The molecule has 2 aromatic carbocycles. The van der Waals surface area contributed by atoms with Gasteiger partial charge in [0.1, 0.15) is 35.6 Å². The number of nitrogens with one attached hydrogen (secondary N) is 1. The number of aliphatic hydroxyl groups is 7. The second kappa shape index (κ2) is 19.9.